The summed E-state index contributed by atoms with van der Waals surface area (Å²) in [4.78, 5) is 4.33. The zero-order chi connectivity index (χ0) is 12.8. The van der Waals surface area contributed by atoms with Gasteiger partial charge in [0, 0.05) is 6.54 Å². The summed E-state index contributed by atoms with van der Waals surface area (Å²) in [6.45, 7) is 6.23. The molecule has 1 fully saturated rings. The molecule has 1 aliphatic carbocycles. The van der Waals surface area contributed by atoms with Crippen LogP contribution in [0.5, 0.6) is 0 Å². The molecule has 1 saturated carbocycles. The summed E-state index contributed by atoms with van der Waals surface area (Å²) in [6, 6.07) is 0. The normalized spacial score (nSPS) is 17.2. The fraction of sp³-hybridized carbons (Fsp3) is 0.786. The molecule has 1 aliphatic rings. The molecule has 0 atom stereocenters. The molecule has 0 unspecified atom stereocenters. The van der Waals surface area contributed by atoms with Crippen molar-refractivity contribution in [3.8, 4) is 0 Å². The smallest absolute Gasteiger partial charge is 0.208 e. The number of ether oxygens (including phenoxy) is 1. The quantitative estimate of drug-likeness (QED) is 0.791. The molecule has 0 aliphatic heterocycles. The van der Waals surface area contributed by atoms with Crippen molar-refractivity contribution < 1.29 is 9.15 Å². The Kier molecular flexibility index (Phi) is 5.20. The second kappa shape index (κ2) is 6.90. The Morgan fingerprint density at radius 3 is 2.72 bits per heavy atom. The van der Waals surface area contributed by atoms with E-state index < -0.39 is 0 Å². The number of aryl methyl sites for hydroxylation is 2. The molecule has 4 nitrogen and oxygen atoms in total. The lowest BCUT2D eigenvalue weighted by atomic mass is 9.98. The molecule has 4 heteroatoms. The molecular formula is C14H24N2O2. The Bertz CT molecular complexity index is 337. The lowest BCUT2D eigenvalue weighted by Crippen LogP contribution is -2.24. The van der Waals surface area contributed by atoms with E-state index in [1.807, 2.05) is 13.8 Å². The van der Waals surface area contributed by atoms with Crippen molar-refractivity contribution >= 4 is 0 Å². The highest BCUT2D eigenvalue weighted by Crippen LogP contribution is 2.19. The van der Waals surface area contributed by atoms with Crippen LogP contribution in [0.1, 0.15) is 49.4 Å². The van der Waals surface area contributed by atoms with Crippen LogP contribution >= 0.6 is 0 Å². The molecule has 1 aromatic rings. The van der Waals surface area contributed by atoms with Crippen molar-refractivity contribution in [2.45, 2.75) is 58.6 Å². The monoisotopic (exact) mass is 252 g/mol. The molecule has 0 spiro atoms. The van der Waals surface area contributed by atoms with Crippen molar-refractivity contribution in [3.05, 3.63) is 17.3 Å². The minimum atomic E-state index is 0.492. The molecule has 0 amide bonds. The SMILES string of the molecule is Cc1nc(CNCCOC2CCCCC2)oc1C. The second-order valence-corrected chi connectivity index (χ2v) is 5.06. The van der Waals surface area contributed by atoms with Gasteiger partial charge in [0.1, 0.15) is 5.76 Å². The highest BCUT2D eigenvalue weighted by molar-refractivity contribution is 5.04. The van der Waals surface area contributed by atoms with Gasteiger partial charge in [-0.15, -0.1) is 0 Å². The molecule has 18 heavy (non-hydrogen) atoms. The molecule has 1 aromatic heterocycles. The van der Waals surface area contributed by atoms with E-state index in [1.54, 1.807) is 0 Å². The Labute approximate surface area is 109 Å². The van der Waals surface area contributed by atoms with Crippen LogP contribution in [0, 0.1) is 13.8 Å². The lowest BCUT2D eigenvalue weighted by molar-refractivity contribution is 0.0300. The standard InChI is InChI=1S/C14H24N2O2/c1-11-12(2)18-14(16-11)10-15-8-9-17-13-6-4-3-5-7-13/h13,15H,3-10H2,1-2H3. The van der Waals surface area contributed by atoms with Crippen LogP contribution in [0.15, 0.2) is 4.42 Å². The first-order valence-corrected chi connectivity index (χ1v) is 7.01. The van der Waals surface area contributed by atoms with Crippen molar-refractivity contribution in [1.82, 2.24) is 10.3 Å². The average Bonchev–Trinajstić information content (AvgIpc) is 2.70. The van der Waals surface area contributed by atoms with Crippen LogP contribution in [0.2, 0.25) is 0 Å². The molecular weight excluding hydrogens is 228 g/mol. The first-order chi connectivity index (χ1) is 8.75. The van der Waals surface area contributed by atoms with Crippen LogP contribution in [-0.4, -0.2) is 24.2 Å². The van der Waals surface area contributed by atoms with Gasteiger partial charge in [0.2, 0.25) is 5.89 Å². The number of nitrogens with one attached hydrogen (secondary N) is 1. The van der Waals surface area contributed by atoms with Gasteiger partial charge in [-0.2, -0.15) is 0 Å². The van der Waals surface area contributed by atoms with Crippen molar-refractivity contribution in [3.63, 3.8) is 0 Å². The van der Waals surface area contributed by atoms with Gasteiger partial charge < -0.3 is 14.5 Å². The first-order valence-electron chi connectivity index (χ1n) is 7.01. The van der Waals surface area contributed by atoms with E-state index in [0.29, 0.717) is 12.6 Å². The maximum absolute atomic E-state index is 5.84. The summed E-state index contributed by atoms with van der Waals surface area (Å²) in [6.07, 6.45) is 6.99. The minimum absolute atomic E-state index is 0.492. The third kappa shape index (κ3) is 4.10. The Morgan fingerprint density at radius 2 is 2.06 bits per heavy atom. The third-order valence-corrected chi connectivity index (χ3v) is 3.53. The predicted octanol–water partition coefficient (Wildman–Crippen LogP) is 2.73. The summed E-state index contributed by atoms with van der Waals surface area (Å²) in [5.41, 5.74) is 0.977. The maximum atomic E-state index is 5.84. The zero-order valence-electron chi connectivity index (χ0n) is 11.5. The molecule has 0 bridgehead atoms. The molecule has 0 radical (unpaired) electrons. The Morgan fingerprint density at radius 1 is 1.28 bits per heavy atom. The fourth-order valence-corrected chi connectivity index (χ4v) is 2.34. The number of aromatic nitrogens is 1. The fourth-order valence-electron chi connectivity index (χ4n) is 2.34. The van der Waals surface area contributed by atoms with Crippen LogP contribution < -0.4 is 5.32 Å². The summed E-state index contributed by atoms with van der Waals surface area (Å²) < 4.78 is 11.3. The number of hydrogen-bond donors (Lipinski definition) is 1. The second-order valence-electron chi connectivity index (χ2n) is 5.06. The average molecular weight is 252 g/mol. The van der Waals surface area contributed by atoms with Gasteiger partial charge in [-0.05, 0) is 26.7 Å². The third-order valence-electron chi connectivity index (χ3n) is 3.53. The number of hydrogen-bond acceptors (Lipinski definition) is 4. The van der Waals surface area contributed by atoms with E-state index >= 15 is 0 Å². The van der Waals surface area contributed by atoms with Gasteiger partial charge >= 0.3 is 0 Å². The topological polar surface area (TPSA) is 47.3 Å². The van der Waals surface area contributed by atoms with E-state index in [1.165, 1.54) is 32.1 Å². The van der Waals surface area contributed by atoms with Crippen LogP contribution in [-0.2, 0) is 11.3 Å². The highest BCUT2D eigenvalue weighted by atomic mass is 16.5. The Balaban J connectivity index is 1.55. The predicted molar refractivity (Wildman–Crippen MR) is 70.5 cm³/mol. The highest BCUT2D eigenvalue weighted by Gasteiger charge is 2.13. The molecule has 0 aromatic carbocycles. The largest absolute Gasteiger partial charge is 0.444 e. The van der Waals surface area contributed by atoms with Gasteiger partial charge in [-0.3, -0.25) is 0 Å². The lowest BCUT2D eigenvalue weighted by Gasteiger charge is -2.21. The van der Waals surface area contributed by atoms with E-state index in [9.17, 15) is 0 Å². The summed E-state index contributed by atoms with van der Waals surface area (Å²) in [7, 11) is 0. The zero-order valence-corrected chi connectivity index (χ0v) is 11.5. The van der Waals surface area contributed by atoms with Gasteiger partial charge in [0.05, 0.1) is 24.9 Å². The van der Waals surface area contributed by atoms with E-state index in [0.717, 1.165) is 30.5 Å². The van der Waals surface area contributed by atoms with Crippen LogP contribution in [0.3, 0.4) is 0 Å². The molecule has 0 saturated heterocycles. The van der Waals surface area contributed by atoms with Gasteiger partial charge in [0.25, 0.3) is 0 Å². The van der Waals surface area contributed by atoms with E-state index in [4.69, 9.17) is 9.15 Å². The molecule has 1 heterocycles. The number of oxazole rings is 1. The number of nitrogens with zero attached hydrogens (tertiary/aromatic N) is 1. The van der Waals surface area contributed by atoms with Crippen molar-refractivity contribution in [2.75, 3.05) is 13.2 Å². The summed E-state index contributed by atoms with van der Waals surface area (Å²) in [5.74, 6) is 1.67. The molecule has 102 valence electrons. The van der Waals surface area contributed by atoms with Gasteiger partial charge in [-0.1, -0.05) is 19.3 Å². The van der Waals surface area contributed by atoms with Crippen molar-refractivity contribution in [2.24, 2.45) is 0 Å². The molecule has 2 rings (SSSR count). The van der Waals surface area contributed by atoms with Gasteiger partial charge in [-0.25, -0.2) is 4.98 Å². The summed E-state index contributed by atoms with van der Waals surface area (Å²) in [5, 5.41) is 3.30. The summed E-state index contributed by atoms with van der Waals surface area (Å²) >= 11 is 0. The maximum Gasteiger partial charge on any atom is 0.208 e. The van der Waals surface area contributed by atoms with Crippen LogP contribution in [0.4, 0.5) is 0 Å². The van der Waals surface area contributed by atoms with Gasteiger partial charge in [0.15, 0.2) is 0 Å². The minimum Gasteiger partial charge on any atom is -0.444 e. The Hall–Kier alpha value is -0.870. The van der Waals surface area contributed by atoms with Crippen LogP contribution in [0.25, 0.3) is 0 Å². The first kappa shape index (κ1) is 13.6. The van der Waals surface area contributed by atoms with Crippen molar-refractivity contribution in [1.29, 1.82) is 0 Å². The van der Waals surface area contributed by atoms with E-state index in [-0.39, 0.29) is 0 Å². The van der Waals surface area contributed by atoms with E-state index in [2.05, 4.69) is 10.3 Å². The molecule has 1 N–H and O–H groups in total. The number of rotatable bonds is 6.